The normalized spacial score (nSPS) is 34.3. The second-order valence-corrected chi connectivity index (χ2v) is 2.64. The van der Waals surface area contributed by atoms with Crippen molar-refractivity contribution in [1.29, 1.82) is 0 Å². The number of hydrogen-bond donors (Lipinski definition) is 0. The van der Waals surface area contributed by atoms with E-state index in [0.29, 0.717) is 0 Å². The zero-order chi connectivity index (χ0) is 6.85. The van der Waals surface area contributed by atoms with E-state index < -0.39 is 5.62 Å². The third kappa shape index (κ3) is 1.66. The maximum absolute atomic E-state index is 5.69. The number of aliphatic imine (C=N–C) groups is 2. The molecule has 50 valence electrons. The Kier molecular flexibility index (Phi) is 2.09. The quantitative estimate of drug-likeness (QED) is 0.385. The maximum Gasteiger partial charge on any atom is 0.214 e. The number of alkyl halides is 2. The van der Waals surface area contributed by atoms with Gasteiger partial charge in [0.1, 0.15) is 5.38 Å². The van der Waals surface area contributed by atoms with Crippen LogP contribution in [0.4, 0.5) is 0 Å². The fraction of sp³-hybridized carbons (Fsp3) is 0.600. The highest BCUT2D eigenvalue weighted by Crippen LogP contribution is 2.09. The maximum atomic E-state index is 5.69. The van der Waals surface area contributed by atoms with E-state index in [1.807, 2.05) is 6.92 Å². The Morgan fingerprint density at radius 2 is 2.22 bits per heavy atom. The molecule has 0 spiro atoms. The van der Waals surface area contributed by atoms with Crippen LogP contribution >= 0.6 is 23.2 Å². The number of hydrogen-bond acceptors (Lipinski definition) is 2. The van der Waals surface area contributed by atoms with Gasteiger partial charge in [0.25, 0.3) is 0 Å². The molecule has 2 nitrogen and oxygen atoms in total. The lowest BCUT2D eigenvalue weighted by atomic mass is 10.3. The molecule has 0 aromatic heterocycles. The highest BCUT2D eigenvalue weighted by Gasteiger charge is 2.11. The van der Waals surface area contributed by atoms with Gasteiger partial charge in [-0.15, -0.1) is 11.6 Å². The average Bonchev–Trinajstić information content (AvgIpc) is 1.80. The van der Waals surface area contributed by atoms with Crippen molar-refractivity contribution in [1.82, 2.24) is 0 Å². The predicted molar refractivity (Wildman–Crippen MR) is 40.9 cm³/mol. The Balaban J connectivity index is 2.70. The lowest BCUT2D eigenvalue weighted by Crippen LogP contribution is -2.18. The molecule has 1 aliphatic heterocycles. The van der Waals surface area contributed by atoms with Gasteiger partial charge in [-0.3, -0.25) is 9.98 Å². The second-order valence-electron chi connectivity index (χ2n) is 1.78. The number of halogens is 2. The molecule has 0 aromatic rings. The van der Waals surface area contributed by atoms with Crippen LogP contribution in [0.25, 0.3) is 0 Å². The van der Waals surface area contributed by atoms with Gasteiger partial charge in [-0.05, 0) is 6.92 Å². The first-order valence-electron chi connectivity index (χ1n) is 2.56. The number of nitrogens with zero attached hydrogens (tertiary/aromatic N) is 2. The second kappa shape index (κ2) is 2.67. The Morgan fingerprint density at radius 1 is 1.56 bits per heavy atom. The first kappa shape index (κ1) is 7.03. The van der Waals surface area contributed by atoms with Gasteiger partial charge in [0, 0.05) is 11.9 Å². The van der Waals surface area contributed by atoms with Gasteiger partial charge in [0.15, 0.2) is 0 Å². The van der Waals surface area contributed by atoms with Crippen molar-refractivity contribution in [3.05, 3.63) is 0 Å². The Hall–Kier alpha value is -0.0800. The fourth-order valence-corrected chi connectivity index (χ4v) is 0.867. The van der Waals surface area contributed by atoms with Crippen LogP contribution < -0.4 is 0 Å². The van der Waals surface area contributed by atoms with Gasteiger partial charge in [-0.1, -0.05) is 11.6 Å². The molecule has 0 aliphatic carbocycles. The van der Waals surface area contributed by atoms with Crippen molar-refractivity contribution in [3.8, 4) is 0 Å². The van der Waals surface area contributed by atoms with Crippen LogP contribution in [-0.4, -0.2) is 22.9 Å². The average molecular weight is 165 g/mol. The van der Waals surface area contributed by atoms with Crippen LogP contribution in [0.1, 0.15) is 6.92 Å². The Labute approximate surface area is 63.6 Å². The van der Waals surface area contributed by atoms with Crippen LogP contribution in [0.15, 0.2) is 9.98 Å². The summed E-state index contributed by atoms with van der Waals surface area (Å²) in [7, 11) is 0. The minimum Gasteiger partial charge on any atom is -0.254 e. The largest absolute Gasteiger partial charge is 0.254 e. The van der Waals surface area contributed by atoms with E-state index in [0.717, 1.165) is 5.71 Å². The third-order valence-corrected chi connectivity index (χ3v) is 1.69. The zero-order valence-electron chi connectivity index (χ0n) is 4.88. The summed E-state index contributed by atoms with van der Waals surface area (Å²) in [6.07, 6.45) is 1.60. The fourth-order valence-electron chi connectivity index (χ4n) is 0.527. The smallest absolute Gasteiger partial charge is 0.214 e. The standard InChI is InChI=1S/C5H6Cl2N2/c1-3-4(6)2-8-5(7)9-3/h2,4-5H,1H3. The lowest BCUT2D eigenvalue weighted by Gasteiger charge is -2.09. The molecular weight excluding hydrogens is 159 g/mol. The lowest BCUT2D eigenvalue weighted by molar-refractivity contribution is 0.953. The van der Waals surface area contributed by atoms with E-state index in [-0.39, 0.29) is 5.38 Å². The van der Waals surface area contributed by atoms with Crippen molar-refractivity contribution in [2.75, 3.05) is 0 Å². The van der Waals surface area contributed by atoms with Crippen LogP contribution in [0.2, 0.25) is 0 Å². The summed E-state index contributed by atoms with van der Waals surface area (Å²) >= 11 is 11.2. The van der Waals surface area contributed by atoms with E-state index >= 15 is 0 Å². The van der Waals surface area contributed by atoms with Gasteiger partial charge < -0.3 is 0 Å². The summed E-state index contributed by atoms with van der Waals surface area (Å²) in [6, 6.07) is 0. The van der Waals surface area contributed by atoms with Gasteiger partial charge in [-0.2, -0.15) is 0 Å². The van der Waals surface area contributed by atoms with Crippen LogP contribution in [-0.2, 0) is 0 Å². The van der Waals surface area contributed by atoms with Crippen molar-refractivity contribution in [2.24, 2.45) is 9.98 Å². The summed E-state index contributed by atoms with van der Waals surface area (Å²) < 4.78 is 0. The molecule has 9 heavy (non-hydrogen) atoms. The minimum absolute atomic E-state index is 0.167. The molecule has 0 saturated heterocycles. The van der Waals surface area contributed by atoms with Crippen LogP contribution in [0.3, 0.4) is 0 Å². The Bertz CT molecular complexity index is 164. The highest BCUT2D eigenvalue weighted by molar-refractivity contribution is 6.41. The molecule has 2 atom stereocenters. The van der Waals surface area contributed by atoms with Crippen molar-refractivity contribution < 1.29 is 0 Å². The van der Waals surface area contributed by atoms with Gasteiger partial charge >= 0.3 is 0 Å². The molecule has 1 aliphatic rings. The molecule has 0 bridgehead atoms. The summed E-state index contributed by atoms with van der Waals surface area (Å²) in [6.45, 7) is 1.83. The van der Waals surface area contributed by atoms with E-state index in [1.165, 1.54) is 0 Å². The molecule has 0 fully saturated rings. The zero-order valence-corrected chi connectivity index (χ0v) is 6.39. The summed E-state index contributed by atoms with van der Waals surface area (Å²) in [4.78, 5) is 7.70. The van der Waals surface area contributed by atoms with Crippen molar-refractivity contribution in [3.63, 3.8) is 0 Å². The van der Waals surface area contributed by atoms with Gasteiger partial charge in [0.2, 0.25) is 5.62 Å². The molecule has 2 unspecified atom stereocenters. The predicted octanol–water partition coefficient (Wildman–Crippen LogP) is 1.66. The molecule has 0 radical (unpaired) electrons. The summed E-state index contributed by atoms with van der Waals surface area (Å²) in [5.74, 6) is 0. The topological polar surface area (TPSA) is 24.7 Å². The molecule has 4 heteroatoms. The highest BCUT2D eigenvalue weighted by atomic mass is 35.5. The molecule has 0 aromatic carbocycles. The summed E-state index contributed by atoms with van der Waals surface area (Å²) in [5, 5.41) is -0.167. The molecule has 1 rings (SSSR count). The van der Waals surface area contributed by atoms with Crippen molar-refractivity contribution in [2.45, 2.75) is 17.9 Å². The minimum atomic E-state index is -0.458. The van der Waals surface area contributed by atoms with Gasteiger partial charge in [-0.25, -0.2) is 0 Å². The first-order valence-corrected chi connectivity index (χ1v) is 3.43. The Morgan fingerprint density at radius 3 is 2.67 bits per heavy atom. The van der Waals surface area contributed by atoms with E-state index in [1.54, 1.807) is 6.21 Å². The molecule has 0 N–H and O–H groups in total. The van der Waals surface area contributed by atoms with E-state index in [2.05, 4.69) is 9.98 Å². The summed E-state index contributed by atoms with van der Waals surface area (Å²) in [5.41, 5.74) is 0.367. The van der Waals surface area contributed by atoms with Crippen molar-refractivity contribution >= 4 is 35.1 Å². The molecule has 1 heterocycles. The van der Waals surface area contributed by atoms with Crippen LogP contribution in [0.5, 0.6) is 0 Å². The van der Waals surface area contributed by atoms with Crippen LogP contribution in [0, 0.1) is 0 Å². The monoisotopic (exact) mass is 164 g/mol. The van der Waals surface area contributed by atoms with E-state index in [4.69, 9.17) is 23.2 Å². The van der Waals surface area contributed by atoms with E-state index in [9.17, 15) is 0 Å². The van der Waals surface area contributed by atoms with Gasteiger partial charge in [0.05, 0.1) is 0 Å². The number of rotatable bonds is 0. The first-order chi connectivity index (χ1) is 4.20. The SMILES string of the molecule is CC1=NC(Cl)N=CC1Cl. The molecule has 0 saturated carbocycles. The molecular formula is C5H6Cl2N2. The third-order valence-electron chi connectivity index (χ3n) is 1.05. The molecule has 0 amide bonds.